The maximum Gasteiger partial charge on any atom is 0.303 e. The minimum absolute atomic E-state index is 0.0324. The Balaban J connectivity index is 1.48. The molecule has 1 aromatic heterocycles. The van der Waals surface area contributed by atoms with Gasteiger partial charge in [-0.3, -0.25) is 9.59 Å². The minimum Gasteiger partial charge on any atom is -0.481 e. The number of hydrogen-bond donors (Lipinski definition) is 1. The van der Waals surface area contributed by atoms with Crippen LogP contribution in [0.1, 0.15) is 31.6 Å². The van der Waals surface area contributed by atoms with Crippen LogP contribution in [0.4, 0.5) is 0 Å². The van der Waals surface area contributed by atoms with Gasteiger partial charge >= 0.3 is 5.97 Å². The third-order valence-electron chi connectivity index (χ3n) is 4.55. The Morgan fingerprint density at radius 1 is 1.23 bits per heavy atom. The molecule has 0 radical (unpaired) electrons. The van der Waals surface area contributed by atoms with E-state index in [1.54, 1.807) is 17.0 Å². The van der Waals surface area contributed by atoms with Crippen LogP contribution in [-0.2, 0) is 16.0 Å². The quantitative estimate of drug-likeness (QED) is 0.831. The first-order valence-electron chi connectivity index (χ1n) is 8.59. The van der Waals surface area contributed by atoms with Crippen LogP contribution in [0.5, 0.6) is 0 Å². The maximum atomic E-state index is 12.3. The van der Waals surface area contributed by atoms with Gasteiger partial charge in [0, 0.05) is 42.9 Å². The summed E-state index contributed by atoms with van der Waals surface area (Å²) in [5.74, 6) is 0.310. The summed E-state index contributed by atoms with van der Waals surface area (Å²) >= 11 is 5.86. The number of carbonyl (C=O) groups is 2. The molecule has 1 amide bonds. The summed E-state index contributed by atoms with van der Waals surface area (Å²) in [5.41, 5.74) is 0.802. The normalized spacial score (nSPS) is 15.2. The first-order chi connectivity index (χ1) is 12.5. The largest absolute Gasteiger partial charge is 0.481 e. The Hall–Kier alpha value is -2.41. The molecule has 3 rings (SSSR count). The summed E-state index contributed by atoms with van der Waals surface area (Å²) in [7, 11) is 0. The summed E-state index contributed by atoms with van der Waals surface area (Å²) < 4.78 is 5.22. The van der Waals surface area contributed by atoms with E-state index in [0.717, 1.165) is 18.4 Å². The smallest absolute Gasteiger partial charge is 0.303 e. The van der Waals surface area contributed by atoms with E-state index >= 15 is 0 Å². The Morgan fingerprint density at radius 3 is 2.58 bits per heavy atom. The van der Waals surface area contributed by atoms with Gasteiger partial charge in [0.1, 0.15) is 0 Å². The molecule has 0 aliphatic carbocycles. The lowest BCUT2D eigenvalue weighted by molar-refractivity contribution is -0.138. The lowest BCUT2D eigenvalue weighted by Crippen LogP contribution is -2.39. The van der Waals surface area contributed by atoms with E-state index in [1.807, 2.05) is 12.1 Å². The number of aryl methyl sites for hydroxylation is 1. The van der Waals surface area contributed by atoms with Crippen molar-refractivity contribution >= 4 is 23.5 Å². The molecule has 0 bridgehead atoms. The molecule has 0 spiro atoms. The molecular weight excluding hydrogens is 358 g/mol. The molecule has 7 nitrogen and oxygen atoms in total. The predicted molar refractivity (Wildman–Crippen MR) is 94.6 cm³/mol. The first-order valence-corrected chi connectivity index (χ1v) is 8.97. The number of amides is 1. The van der Waals surface area contributed by atoms with Gasteiger partial charge in [0.2, 0.25) is 17.6 Å². The van der Waals surface area contributed by atoms with Crippen LogP contribution >= 0.6 is 11.6 Å². The minimum atomic E-state index is -0.775. The third kappa shape index (κ3) is 4.82. The van der Waals surface area contributed by atoms with E-state index in [-0.39, 0.29) is 18.2 Å². The van der Waals surface area contributed by atoms with Gasteiger partial charge in [0.05, 0.1) is 0 Å². The highest BCUT2D eigenvalue weighted by Gasteiger charge is 2.24. The Bertz CT molecular complexity index is 767. The second-order valence-electron chi connectivity index (χ2n) is 6.44. The number of carboxylic acid groups (broad SMARTS) is 1. The van der Waals surface area contributed by atoms with E-state index in [9.17, 15) is 9.59 Å². The zero-order chi connectivity index (χ0) is 18.5. The summed E-state index contributed by atoms with van der Waals surface area (Å²) in [6.45, 7) is 1.22. The first kappa shape index (κ1) is 18.4. The highest BCUT2D eigenvalue weighted by molar-refractivity contribution is 6.30. The average Bonchev–Trinajstić information content (AvgIpc) is 3.09. The van der Waals surface area contributed by atoms with E-state index in [1.165, 1.54) is 0 Å². The second kappa shape index (κ2) is 8.31. The van der Waals surface area contributed by atoms with Crippen molar-refractivity contribution in [1.82, 2.24) is 15.0 Å². The predicted octanol–water partition coefficient (Wildman–Crippen LogP) is 3.04. The van der Waals surface area contributed by atoms with Crippen molar-refractivity contribution in [2.75, 3.05) is 13.1 Å². The van der Waals surface area contributed by atoms with Gasteiger partial charge in [0.25, 0.3) is 0 Å². The number of aromatic nitrogens is 2. The molecule has 1 fully saturated rings. The van der Waals surface area contributed by atoms with Gasteiger partial charge in [-0.15, -0.1) is 0 Å². The number of likely N-dealkylation sites (tertiary alicyclic amines) is 1. The Morgan fingerprint density at radius 2 is 1.92 bits per heavy atom. The van der Waals surface area contributed by atoms with Crippen molar-refractivity contribution in [3.8, 4) is 11.4 Å². The number of rotatable bonds is 6. The Kier molecular flexibility index (Phi) is 5.88. The van der Waals surface area contributed by atoms with Crippen molar-refractivity contribution in [2.24, 2.45) is 5.92 Å². The molecule has 1 aliphatic heterocycles. The van der Waals surface area contributed by atoms with Gasteiger partial charge in [-0.25, -0.2) is 0 Å². The lowest BCUT2D eigenvalue weighted by atomic mass is 9.93. The fraction of sp³-hybridized carbons (Fsp3) is 0.444. The molecule has 138 valence electrons. The summed E-state index contributed by atoms with van der Waals surface area (Å²) in [6.07, 6.45) is 2.33. The Labute approximate surface area is 155 Å². The van der Waals surface area contributed by atoms with Crippen LogP contribution in [0.3, 0.4) is 0 Å². The van der Waals surface area contributed by atoms with E-state index < -0.39 is 5.97 Å². The van der Waals surface area contributed by atoms with Crippen molar-refractivity contribution in [3.05, 3.63) is 35.2 Å². The van der Waals surface area contributed by atoms with Gasteiger partial charge < -0.3 is 14.5 Å². The van der Waals surface area contributed by atoms with E-state index in [4.69, 9.17) is 21.2 Å². The molecule has 2 heterocycles. The molecule has 1 aromatic carbocycles. The molecule has 2 aromatic rings. The number of hydrogen-bond acceptors (Lipinski definition) is 5. The van der Waals surface area contributed by atoms with Crippen LogP contribution < -0.4 is 0 Å². The highest BCUT2D eigenvalue weighted by atomic mass is 35.5. The van der Waals surface area contributed by atoms with Gasteiger partial charge in [0.15, 0.2) is 0 Å². The molecule has 26 heavy (non-hydrogen) atoms. The number of piperidine rings is 1. The van der Waals surface area contributed by atoms with Crippen molar-refractivity contribution in [3.63, 3.8) is 0 Å². The van der Waals surface area contributed by atoms with Crippen LogP contribution in [0.2, 0.25) is 5.02 Å². The molecule has 1 N–H and O–H groups in total. The van der Waals surface area contributed by atoms with Crippen LogP contribution in [-0.4, -0.2) is 45.1 Å². The standard InChI is InChI=1S/C18H20ClN3O4/c19-14-3-1-13(2-4-14)18-20-15(26-21-18)5-6-16(23)22-9-7-12(8-10-22)11-17(24)25/h1-4,12H,5-11H2,(H,24,25). The summed E-state index contributed by atoms with van der Waals surface area (Å²) in [5, 5.41) is 13.4. The number of halogens is 1. The molecule has 0 atom stereocenters. The summed E-state index contributed by atoms with van der Waals surface area (Å²) in [6, 6.07) is 7.13. The zero-order valence-corrected chi connectivity index (χ0v) is 15.0. The highest BCUT2D eigenvalue weighted by Crippen LogP contribution is 2.22. The second-order valence-corrected chi connectivity index (χ2v) is 6.88. The average molecular weight is 378 g/mol. The van der Waals surface area contributed by atoms with Crippen LogP contribution in [0.25, 0.3) is 11.4 Å². The monoisotopic (exact) mass is 377 g/mol. The zero-order valence-electron chi connectivity index (χ0n) is 14.2. The van der Waals surface area contributed by atoms with Gasteiger partial charge in [-0.2, -0.15) is 4.98 Å². The van der Waals surface area contributed by atoms with Crippen LogP contribution in [0.15, 0.2) is 28.8 Å². The van der Waals surface area contributed by atoms with Gasteiger partial charge in [-0.1, -0.05) is 16.8 Å². The lowest BCUT2D eigenvalue weighted by Gasteiger charge is -2.31. The summed E-state index contributed by atoms with van der Waals surface area (Å²) in [4.78, 5) is 29.2. The molecule has 8 heteroatoms. The number of nitrogens with zero attached hydrogens (tertiary/aromatic N) is 3. The molecule has 0 saturated carbocycles. The number of carbonyl (C=O) groups excluding carboxylic acids is 1. The van der Waals surface area contributed by atoms with Crippen molar-refractivity contribution in [1.29, 1.82) is 0 Å². The SMILES string of the molecule is O=C(O)CC1CCN(C(=O)CCc2nc(-c3ccc(Cl)cc3)no2)CC1. The van der Waals surface area contributed by atoms with Crippen molar-refractivity contribution in [2.45, 2.75) is 32.1 Å². The molecule has 0 unspecified atom stereocenters. The topological polar surface area (TPSA) is 96.5 Å². The maximum absolute atomic E-state index is 12.3. The third-order valence-corrected chi connectivity index (χ3v) is 4.81. The van der Waals surface area contributed by atoms with Crippen molar-refractivity contribution < 1.29 is 19.2 Å². The number of carboxylic acids is 1. The van der Waals surface area contributed by atoms with Gasteiger partial charge in [-0.05, 0) is 43.0 Å². The van der Waals surface area contributed by atoms with E-state index in [0.29, 0.717) is 42.7 Å². The molecular formula is C18H20ClN3O4. The molecule has 1 aliphatic rings. The van der Waals surface area contributed by atoms with E-state index in [2.05, 4.69) is 10.1 Å². The van der Waals surface area contributed by atoms with Crippen LogP contribution in [0, 0.1) is 5.92 Å². The number of aliphatic carboxylic acids is 1. The number of benzene rings is 1. The fourth-order valence-corrected chi connectivity index (χ4v) is 3.20. The molecule has 1 saturated heterocycles. The fourth-order valence-electron chi connectivity index (χ4n) is 3.08.